The largest absolute Gasteiger partial charge is 0.480 e. The number of carboxylic acid groups (broad SMARTS) is 1. The van der Waals surface area contributed by atoms with E-state index in [-0.39, 0.29) is 5.56 Å². The van der Waals surface area contributed by atoms with Gasteiger partial charge in [0.2, 0.25) is 5.16 Å². The Morgan fingerprint density at radius 3 is 1.95 bits per heavy atom. The number of rotatable bonds is 6. The van der Waals surface area contributed by atoms with Crippen molar-refractivity contribution in [3.8, 4) is 0 Å². The molecule has 2 aromatic carbocycles. The monoisotopic (exact) mass is 316 g/mol. The van der Waals surface area contributed by atoms with Gasteiger partial charge in [-0.2, -0.15) is 0 Å². The summed E-state index contributed by atoms with van der Waals surface area (Å²) >= 11 is 0. The molecule has 0 bridgehead atoms. The topological polar surface area (TPSA) is 71.4 Å². The maximum absolute atomic E-state index is 12.1. The van der Waals surface area contributed by atoms with Crippen LogP contribution in [-0.2, 0) is 19.1 Å². The first-order valence-electron chi connectivity index (χ1n) is 7.03. The van der Waals surface area contributed by atoms with Gasteiger partial charge < -0.3 is 5.11 Å². The van der Waals surface area contributed by atoms with Gasteiger partial charge in [0.05, 0.1) is 0 Å². The molecule has 1 N–H and O–H groups in total. The Morgan fingerprint density at radius 1 is 1.05 bits per heavy atom. The molecule has 0 aliphatic carbocycles. The molecule has 0 aromatic heterocycles. The molecular weight excluding hydrogens is 299 g/mol. The van der Waals surface area contributed by atoms with Crippen LogP contribution in [0.15, 0.2) is 60.7 Å². The summed E-state index contributed by atoms with van der Waals surface area (Å²) in [4.78, 5) is 12.1. The van der Waals surface area contributed by atoms with E-state index in [1.807, 2.05) is 6.07 Å². The molecule has 2 rings (SSSR count). The van der Waals surface area contributed by atoms with Gasteiger partial charge in [-0.05, 0) is 17.5 Å². The second-order valence-electron chi connectivity index (χ2n) is 5.07. The minimum absolute atomic E-state index is 0.286. The summed E-state index contributed by atoms with van der Waals surface area (Å²) in [6.07, 6.45) is 0.397. The van der Waals surface area contributed by atoms with E-state index in [0.29, 0.717) is 12.0 Å². The second-order valence-corrected chi connectivity index (χ2v) is 6.29. The van der Waals surface area contributed by atoms with Crippen molar-refractivity contribution in [3.63, 3.8) is 0 Å². The van der Waals surface area contributed by atoms with Crippen LogP contribution >= 0.6 is 7.68 Å². The third-order valence-electron chi connectivity index (χ3n) is 3.94. The summed E-state index contributed by atoms with van der Waals surface area (Å²) in [5.74, 6) is -2.00. The van der Waals surface area contributed by atoms with Crippen molar-refractivity contribution >= 4 is 13.6 Å². The molecule has 0 fully saturated rings. The number of hydrogen-bond acceptors (Lipinski definition) is 3. The zero-order chi connectivity index (χ0) is 16.2. The van der Waals surface area contributed by atoms with Gasteiger partial charge >= 0.3 is 13.6 Å². The number of benzene rings is 2. The number of aliphatic carboxylic acids is 1. The average Bonchev–Trinajstić information content (AvgIpc) is 2.53. The van der Waals surface area contributed by atoms with Crippen molar-refractivity contribution < 1.29 is 19.0 Å². The predicted molar refractivity (Wildman–Crippen MR) is 83.5 cm³/mol. The summed E-state index contributed by atoms with van der Waals surface area (Å²) in [6, 6.07) is 17.1. The Morgan fingerprint density at radius 2 is 1.55 bits per heavy atom. The Labute approximate surface area is 129 Å². The predicted octanol–water partition coefficient (Wildman–Crippen LogP) is 4.33. The van der Waals surface area contributed by atoms with Gasteiger partial charge in [0.1, 0.15) is 0 Å². The van der Waals surface area contributed by atoms with E-state index >= 15 is 0 Å². The van der Waals surface area contributed by atoms with E-state index in [0.717, 1.165) is 0 Å². The quantitative estimate of drug-likeness (QED) is 0.805. The highest BCUT2D eigenvalue weighted by atomic mass is 31.1. The summed E-state index contributed by atoms with van der Waals surface area (Å²) < 4.78 is 24.2. The SMILES string of the molecule is CCC(c1ccccc1)C(C(=O)O)(c1ccccc1)P(=O)=O. The van der Waals surface area contributed by atoms with Gasteiger partial charge in [0.25, 0.3) is 0 Å². The lowest BCUT2D eigenvalue weighted by Gasteiger charge is -2.31. The second kappa shape index (κ2) is 6.71. The van der Waals surface area contributed by atoms with E-state index in [2.05, 4.69) is 0 Å². The van der Waals surface area contributed by atoms with Crippen LogP contribution in [0.4, 0.5) is 0 Å². The van der Waals surface area contributed by atoms with Gasteiger partial charge in [-0.1, -0.05) is 67.6 Å². The van der Waals surface area contributed by atoms with Crippen molar-refractivity contribution in [2.24, 2.45) is 0 Å². The van der Waals surface area contributed by atoms with Gasteiger partial charge in [-0.15, -0.1) is 0 Å². The molecule has 0 aliphatic rings. The van der Waals surface area contributed by atoms with Gasteiger partial charge in [-0.3, -0.25) is 4.79 Å². The number of carbonyl (C=O) groups is 1. The highest BCUT2D eigenvalue weighted by Crippen LogP contribution is 2.52. The minimum atomic E-state index is -3.23. The van der Waals surface area contributed by atoms with Crippen molar-refractivity contribution in [1.29, 1.82) is 0 Å². The van der Waals surface area contributed by atoms with Gasteiger partial charge in [0.15, 0.2) is 0 Å². The van der Waals surface area contributed by atoms with Crippen molar-refractivity contribution in [2.75, 3.05) is 0 Å². The highest BCUT2D eigenvalue weighted by molar-refractivity contribution is 7.34. The van der Waals surface area contributed by atoms with E-state index < -0.39 is 24.7 Å². The smallest absolute Gasteiger partial charge is 0.338 e. The normalized spacial score (nSPS) is 14.8. The van der Waals surface area contributed by atoms with Gasteiger partial charge in [-0.25, -0.2) is 9.13 Å². The van der Waals surface area contributed by atoms with Crippen LogP contribution in [0.25, 0.3) is 0 Å². The molecule has 114 valence electrons. The molecule has 0 aliphatic heterocycles. The highest BCUT2D eigenvalue weighted by Gasteiger charge is 2.53. The summed E-state index contributed by atoms with van der Waals surface area (Å²) in [7, 11) is -3.23. The maximum atomic E-state index is 12.1. The van der Waals surface area contributed by atoms with Crippen molar-refractivity contribution in [2.45, 2.75) is 24.4 Å². The van der Waals surface area contributed by atoms with Crippen LogP contribution in [0.1, 0.15) is 30.4 Å². The summed E-state index contributed by atoms with van der Waals surface area (Å²) in [6.45, 7) is 1.80. The Bertz CT molecular complexity index is 702. The molecule has 0 spiro atoms. The molecule has 22 heavy (non-hydrogen) atoms. The van der Waals surface area contributed by atoms with E-state index in [1.165, 1.54) is 0 Å². The van der Waals surface area contributed by atoms with E-state index in [9.17, 15) is 19.0 Å². The lowest BCUT2D eigenvalue weighted by Crippen LogP contribution is -2.37. The first kappa shape index (κ1) is 16.2. The Balaban J connectivity index is 2.75. The summed E-state index contributed by atoms with van der Waals surface area (Å²) in [5.41, 5.74) is 0.991. The lowest BCUT2D eigenvalue weighted by molar-refractivity contribution is -0.141. The Hall–Kier alpha value is -2.19. The van der Waals surface area contributed by atoms with Crippen LogP contribution in [0, 0.1) is 0 Å². The number of carboxylic acids is 1. The Kier molecular flexibility index (Phi) is 4.94. The zero-order valence-electron chi connectivity index (χ0n) is 12.2. The third kappa shape index (κ3) is 2.62. The molecule has 2 atom stereocenters. The van der Waals surface area contributed by atoms with E-state index in [4.69, 9.17) is 0 Å². The fourth-order valence-electron chi connectivity index (χ4n) is 2.93. The van der Waals surface area contributed by atoms with Crippen LogP contribution in [0.2, 0.25) is 0 Å². The standard InChI is InChI=1S/C17H17O4P/c1-2-15(13-9-5-3-6-10-13)17(16(18)19,22(20)21)14-11-7-4-8-12-14/h3-12,15H,2H2,1H3,(H,18,19). The fraction of sp³-hybridized carbons (Fsp3) is 0.235. The van der Waals surface area contributed by atoms with Crippen LogP contribution < -0.4 is 0 Å². The summed E-state index contributed by atoms with van der Waals surface area (Å²) in [5, 5.41) is 7.86. The van der Waals surface area contributed by atoms with E-state index in [1.54, 1.807) is 61.5 Å². The molecule has 4 nitrogen and oxygen atoms in total. The van der Waals surface area contributed by atoms with Crippen molar-refractivity contribution in [3.05, 3.63) is 71.8 Å². The molecule has 0 amide bonds. The molecule has 0 saturated heterocycles. The fourth-order valence-corrected chi connectivity index (χ4v) is 4.04. The molecular formula is C17H17O4P. The van der Waals surface area contributed by atoms with Crippen molar-refractivity contribution in [1.82, 2.24) is 0 Å². The molecule has 2 aromatic rings. The first-order valence-corrected chi connectivity index (χ1v) is 8.21. The van der Waals surface area contributed by atoms with Gasteiger partial charge in [0, 0.05) is 5.92 Å². The third-order valence-corrected chi connectivity index (χ3v) is 5.28. The molecule has 0 radical (unpaired) electrons. The molecule has 0 heterocycles. The number of hydrogen-bond donors (Lipinski definition) is 1. The molecule has 0 saturated carbocycles. The minimum Gasteiger partial charge on any atom is -0.480 e. The van der Waals surface area contributed by atoms with Crippen LogP contribution in [0.3, 0.4) is 0 Å². The maximum Gasteiger partial charge on any atom is 0.338 e. The lowest BCUT2D eigenvalue weighted by atomic mass is 9.79. The zero-order valence-corrected chi connectivity index (χ0v) is 13.1. The molecule has 2 unspecified atom stereocenters. The first-order chi connectivity index (χ1) is 10.5. The molecule has 5 heteroatoms. The van der Waals surface area contributed by atoms with Crippen LogP contribution in [-0.4, -0.2) is 11.1 Å². The van der Waals surface area contributed by atoms with Crippen LogP contribution in [0.5, 0.6) is 0 Å². The average molecular weight is 316 g/mol.